The van der Waals surface area contributed by atoms with E-state index in [4.69, 9.17) is 4.98 Å². The molecular formula is C21H25N3OS. The molecule has 0 aliphatic carbocycles. The molecule has 26 heavy (non-hydrogen) atoms. The molecule has 0 atom stereocenters. The van der Waals surface area contributed by atoms with E-state index in [0.29, 0.717) is 0 Å². The molecule has 1 N–H and O–H groups in total. The number of hydrogen-bond donors (Lipinski definition) is 1. The van der Waals surface area contributed by atoms with Crippen molar-refractivity contribution >= 4 is 21.6 Å². The summed E-state index contributed by atoms with van der Waals surface area (Å²) in [5.41, 5.74) is 4.48. The van der Waals surface area contributed by atoms with Crippen LogP contribution in [0, 0.1) is 19.8 Å². The Balaban J connectivity index is 1.69. The van der Waals surface area contributed by atoms with Crippen molar-refractivity contribution < 1.29 is 0 Å². The van der Waals surface area contributed by atoms with Crippen LogP contribution in [0.2, 0.25) is 0 Å². The predicted octanol–water partition coefficient (Wildman–Crippen LogP) is 4.50. The first-order valence-electron chi connectivity index (χ1n) is 9.31. The number of aromatic amines is 1. The van der Waals surface area contributed by atoms with Crippen molar-refractivity contribution in [3.63, 3.8) is 0 Å². The Morgan fingerprint density at radius 3 is 2.77 bits per heavy atom. The number of hydrogen-bond acceptors (Lipinski definition) is 4. The Morgan fingerprint density at radius 1 is 1.23 bits per heavy atom. The molecule has 0 unspecified atom stereocenters. The predicted molar refractivity (Wildman–Crippen MR) is 109 cm³/mol. The van der Waals surface area contributed by atoms with E-state index in [1.165, 1.54) is 24.0 Å². The van der Waals surface area contributed by atoms with Crippen LogP contribution in [-0.2, 0) is 6.54 Å². The van der Waals surface area contributed by atoms with E-state index >= 15 is 0 Å². The van der Waals surface area contributed by atoms with Crippen LogP contribution in [0.1, 0.15) is 36.7 Å². The van der Waals surface area contributed by atoms with Crippen molar-refractivity contribution in [1.82, 2.24) is 14.9 Å². The number of aryl methyl sites for hydroxylation is 2. The Kier molecular flexibility index (Phi) is 4.67. The van der Waals surface area contributed by atoms with Crippen LogP contribution in [0.25, 0.3) is 21.3 Å². The number of nitrogens with one attached hydrogen (secondary N) is 1. The molecule has 1 aliphatic rings. The topological polar surface area (TPSA) is 49.0 Å². The van der Waals surface area contributed by atoms with E-state index in [-0.39, 0.29) is 5.56 Å². The van der Waals surface area contributed by atoms with Crippen molar-refractivity contribution in [2.45, 2.75) is 40.2 Å². The van der Waals surface area contributed by atoms with Crippen LogP contribution in [0.3, 0.4) is 0 Å². The molecule has 3 heterocycles. The van der Waals surface area contributed by atoms with Gasteiger partial charge in [0.05, 0.1) is 11.9 Å². The van der Waals surface area contributed by atoms with E-state index in [1.54, 1.807) is 11.3 Å². The molecule has 1 fully saturated rings. The Hall–Kier alpha value is -1.98. The summed E-state index contributed by atoms with van der Waals surface area (Å²) in [6, 6.07) is 6.37. The van der Waals surface area contributed by atoms with Gasteiger partial charge in [-0.25, -0.2) is 4.98 Å². The van der Waals surface area contributed by atoms with Gasteiger partial charge in [-0.1, -0.05) is 30.7 Å². The van der Waals surface area contributed by atoms with Crippen molar-refractivity contribution in [1.29, 1.82) is 0 Å². The highest BCUT2D eigenvalue weighted by atomic mass is 32.1. The Bertz CT molecular complexity index is 996. The molecule has 0 saturated carbocycles. The number of aromatic nitrogens is 2. The van der Waals surface area contributed by atoms with Gasteiger partial charge in [-0.05, 0) is 56.8 Å². The van der Waals surface area contributed by atoms with E-state index in [0.717, 1.165) is 52.7 Å². The molecule has 1 saturated heterocycles. The number of piperidine rings is 1. The fraction of sp³-hybridized carbons (Fsp3) is 0.429. The first-order chi connectivity index (χ1) is 12.5. The lowest BCUT2D eigenvalue weighted by Gasteiger charge is -2.29. The second-order valence-corrected chi connectivity index (χ2v) is 8.48. The summed E-state index contributed by atoms with van der Waals surface area (Å²) in [5.74, 6) is 1.59. The fourth-order valence-electron chi connectivity index (χ4n) is 3.72. The molecule has 4 rings (SSSR count). The van der Waals surface area contributed by atoms with Crippen molar-refractivity contribution in [2.75, 3.05) is 13.1 Å². The summed E-state index contributed by atoms with van der Waals surface area (Å²) in [5, 5.41) is 2.79. The third-order valence-electron chi connectivity index (χ3n) is 5.43. The zero-order valence-corrected chi connectivity index (χ0v) is 16.4. The average molecular weight is 368 g/mol. The molecule has 4 nitrogen and oxygen atoms in total. The lowest BCUT2D eigenvalue weighted by atomic mass is 9.99. The standard InChI is InChI=1S/C21H25N3OS/c1-13-6-8-24(9-7-13)11-18-22-20(25)19-17(12-26-21(19)23-18)16-10-14(2)4-5-15(16)3/h4-5,10,12-13H,6-9,11H2,1-3H3,(H,22,23,25). The van der Waals surface area contributed by atoms with Crippen molar-refractivity contribution in [3.05, 3.63) is 50.9 Å². The third-order valence-corrected chi connectivity index (χ3v) is 6.30. The summed E-state index contributed by atoms with van der Waals surface area (Å²) >= 11 is 1.56. The Morgan fingerprint density at radius 2 is 2.00 bits per heavy atom. The van der Waals surface area contributed by atoms with Gasteiger partial charge < -0.3 is 4.98 Å². The lowest BCUT2D eigenvalue weighted by molar-refractivity contribution is 0.181. The van der Waals surface area contributed by atoms with Gasteiger partial charge in [0.1, 0.15) is 10.7 Å². The number of likely N-dealkylation sites (tertiary alicyclic amines) is 1. The largest absolute Gasteiger partial charge is 0.309 e. The molecular weight excluding hydrogens is 342 g/mol. The molecule has 136 valence electrons. The van der Waals surface area contributed by atoms with Gasteiger partial charge in [-0.3, -0.25) is 9.69 Å². The molecule has 1 aliphatic heterocycles. The summed E-state index contributed by atoms with van der Waals surface area (Å²) in [6.07, 6.45) is 2.45. The molecule has 0 bridgehead atoms. The van der Waals surface area contributed by atoms with Crippen LogP contribution in [0.5, 0.6) is 0 Å². The monoisotopic (exact) mass is 367 g/mol. The smallest absolute Gasteiger partial charge is 0.260 e. The van der Waals surface area contributed by atoms with E-state index < -0.39 is 0 Å². The van der Waals surface area contributed by atoms with Crippen LogP contribution < -0.4 is 5.56 Å². The second-order valence-electron chi connectivity index (χ2n) is 7.62. The van der Waals surface area contributed by atoms with Gasteiger partial charge in [-0.15, -0.1) is 11.3 Å². The highest BCUT2D eigenvalue weighted by Gasteiger charge is 2.18. The zero-order chi connectivity index (χ0) is 18.3. The summed E-state index contributed by atoms with van der Waals surface area (Å²) < 4.78 is 0. The number of rotatable bonds is 3. The van der Waals surface area contributed by atoms with E-state index in [2.05, 4.69) is 54.2 Å². The third kappa shape index (κ3) is 3.33. The normalized spacial score (nSPS) is 16.4. The van der Waals surface area contributed by atoms with E-state index in [9.17, 15) is 4.79 Å². The molecule has 0 spiro atoms. The maximum absolute atomic E-state index is 12.8. The number of nitrogens with zero attached hydrogens (tertiary/aromatic N) is 2. The first-order valence-corrected chi connectivity index (χ1v) is 10.2. The number of H-pyrrole nitrogens is 1. The minimum Gasteiger partial charge on any atom is -0.309 e. The lowest BCUT2D eigenvalue weighted by Crippen LogP contribution is -2.33. The van der Waals surface area contributed by atoms with Crippen molar-refractivity contribution in [2.24, 2.45) is 5.92 Å². The quantitative estimate of drug-likeness (QED) is 0.741. The summed E-state index contributed by atoms with van der Waals surface area (Å²) in [7, 11) is 0. The minimum absolute atomic E-state index is 0.0208. The number of benzene rings is 1. The average Bonchev–Trinajstić information content (AvgIpc) is 3.03. The van der Waals surface area contributed by atoms with Gasteiger partial charge in [-0.2, -0.15) is 0 Å². The van der Waals surface area contributed by atoms with Gasteiger partial charge >= 0.3 is 0 Å². The summed E-state index contributed by atoms with van der Waals surface area (Å²) in [4.78, 5) is 23.9. The highest BCUT2D eigenvalue weighted by Crippen LogP contribution is 2.33. The maximum atomic E-state index is 12.8. The van der Waals surface area contributed by atoms with Crippen molar-refractivity contribution in [3.8, 4) is 11.1 Å². The molecule has 0 amide bonds. The highest BCUT2D eigenvalue weighted by molar-refractivity contribution is 7.17. The number of fused-ring (bicyclic) bond motifs is 1. The summed E-state index contributed by atoms with van der Waals surface area (Å²) in [6.45, 7) is 9.38. The Labute approximate surface area is 157 Å². The SMILES string of the molecule is Cc1ccc(C)c(-c2csc3nc(CN4CCC(C)CC4)[nH]c(=O)c23)c1. The van der Waals surface area contributed by atoms with Crippen LogP contribution >= 0.6 is 11.3 Å². The van der Waals surface area contributed by atoms with Gasteiger partial charge in [0.15, 0.2) is 0 Å². The van der Waals surface area contributed by atoms with Crippen LogP contribution in [-0.4, -0.2) is 28.0 Å². The first kappa shape index (κ1) is 17.4. The molecule has 0 radical (unpaired) electrons. The molecule has 2 aromatic heterocycles. The van der Waals surface area contributed by atoms with Crippen LogP contribution in [0.4, 0.5) is 0 Å². The van der Waals surface area contributed by atoms with Crippen LogP contribution in [0.15, 0.2) is 28.4 Å². The molecule has 3 aromatic rings. The minimum atomic E-state index is -0.0208. The van der Waals surface area contributed by atoms with E-state index in [1.807, 2.05) is 0 Å². The number of thiophene rings is 1. The second kappa shape index (κ2) is 6.97. The zero-order valence-electron chi connectivity index (χ0n) is 15.6. The molecule has 1 aromatic carbocycles. The van der Waals surface area contributed by atoms with Gasteiger partial charge in [0.2, 0.25) is 0 Å². The van der Waals surface area contributed by atoms with Gasteiger partial charge in [0.25, 0.3) is 5.56 Å². The maximum Gasteiger partial charge on any atom is 0.260 e. The fourth-order valence-corrected chi connectivity index (χ4v) is 4.68. The molecule has 5 heteroatoms. The van der Waals surface area contributed by atoms with Gasteiger partial charge in [0, 0.05) is 10.9 Å².